The van der Waals surface area contributed by atoms with E-state index < -0.39 is 0 Å². The van der Waals surface area contributed by atoms with Crippen LogP contribution >= 0.6 is 0 Å². The van der Waals surface area contributed by atoms with Crippen LogP contribution in [0.25, 0.3) is 0 Å². The van der Waals surface area contributed by atoms with E-state index in [-0.39, 0.29) is 0 Å². The molecule has 0 fully saturated rings. The molecule has 0 aromatic carbocycles. The summed E-state index contributed by atoms with van der Waals surface area (Å²) in [5.74, 6) is 0.833. The normalized spacial score (nSPS) is 10.1. The van der Waals surface area contributed by atoms with Crippen LogP contribution in [0.4, 0.5) is 0 Å². The van der Waals surface area contributed by atoms with Crippen LogP contribution in [0.3, 0.4) is 0 Å². The van der Waals surface area contributed by atoms with Crippen LogP contribution in [0.5, 0.6) is 0 Å². The maximum atomic E-state index is 8.20. The average Bonchev–Trinajstić information content (AvgIpc) is 2.14. The first-order valence-electron chi connectivity index (χ1n) is 6.62. The third kappa shape index (κ3) is 66.3. The topological polar surface area (TPSA) is 20.2 Å². The Balaban J connectivity index is -0.000000162. The summed E-state index contributed by atoms with van der Waals surface area (Å²) < 4.78 is 1.07. The Labute approximate surface area is 104 Å². The van der Waals surface area contributed by atoms with E-state index in [4.69, 9.17) is 5.11 Å². The summed E-state index contributed by atoms with van der Waals surface area (Å²) in [6.07, 6.45) is 3.33. The lowest BCUT2D eigenvalue weighted by molar-refractivity contribution is -0.868. The number of unbranched alkanes of at least 4 members (excludes halogenated alkanes) is 2. The molecule has 0 heterocycles. The molecule has 0 radical (unpaired) electrons. The molecule has 102 valence electrons. The van der Waals surface area contributed by atoms with E-state index >= 15 is 0 Å². The van der Waals surface area contributed by atoms with Crippen LogP contribution in [0.1, 0.15) is 53.9 Å². The first-order valence-corrected chi connectivity index (χ1v) is 6.62. The summed E-state index contributed by atoms with van der Waals surface area (Å²) in [7, 11) is 6.54. The first-order chi connectivity index (χ1) is 7.21. The molecule has 0 spiro atoms. The van der Waals surface area contributed by atoms with E-state index in [1.807, 2.05) is 0 Å². The second kappa shape index (κ2) is 14.9. The molecule has 2 heteroatoms. The van der Waals surface area contributed by atoms with Crippen molar-refractivity contribution in [3.63, 3.8) is 0 Å². The molecule has 0 bridgehead atoms. The monoisotopic (exact) mass is 234 g/mol. The van der Waals surface area contributed by atoms with Crippen molar-refractivity contribution in [3.05, 3.63) is 0 Å². The van der Waals surface area contributed by atoms with Gasteiger partial charge in [0.15, 0.2) is 0 Å². The van der Waals surface area contributed by atoms with E-state index in [1.54, 1.807) is 0 Å². The van der Waals surface area contributed by atoms with Crippen LogP contribution in [0, 0.1) is 5.92 Å². The van der Waals surface area contributed by atoms with Gasteiger partial charge in [-0.1, -0.05) is 40.5 Å². The smallest absolute Gasteiger partial charge is 0.0751 e. The minimum absolute atomic E-state index is 0.355. The highest BCUT2D eigenvalue weighted by Gasteiger charge is 1.97. The highest BCUT2D eigenvalue weighted by Crippen LogP contribution is 1.89. The number of hydrogen-bond donors (Lipinski definition) is 1. The largest absolute Gasteiger partial charge is 0.396 e. The lowest BCUT2D eigenvalue weighted by Gasteiger charge is -2.20. The zero-order valence-electron chi connectivity index (χ0n) is 13.0. The van der Waals surface area contributed by atoms with E-state index in [1.165, 1.54) is 13.0 Å². The van der Waals surface area contributed by atoms with Crippen LogP contribution in [0.2, 0.25) is 0 Å². The van der Waals surface area contributed by atoms with Gasteiger partial charge in [-0.05, 0) is 19.3 Å². The number of rotatable bonds is 4. The highest BCUT2D eigenvalue weighted by atomic mass is 16.2. The predicted molar refractivity (Wildman–Crippen MR) is 75.7 cm³/mol. The molecule has 0 unspecified atom stereocenters. The lowest BCUT2D eigenvalue weighted by atomic mass is 10.3. The van der Waals surface area contributed by atoms with Gasteiger partial charge in [-0.2, -0.15) is 0 Å². The van der Waals surface area contributed by atoms with Crippen molar-refractivity contribution < 1.29 is 9.59 Å². The Hall–Kier alpha value is -0.0800. The van der Waals surface area contributed by atoms with Gasteiger partial charge in [0.2, 0.25) is 0 Å². The Morgan fingerprint density at radius 2 is 1.25 bits per heavy atom. The van der Waals surface area contributed by atoms with Gasteiger partial charge in [-0.3, -0.25) is 0 Å². The van der Waals surface area contributed by atoms with Crippen molar-refractivity contribution in [2.75, 3.05) is 34.3 Å². The maximum Gasteiger partial charge on any atom is 0.0751 e. The molecule has 1 N–H and O–H groups in total. The molecule has 2 nitrogen and oxygen atoms in total. The van der Waals surface area contributed by atoms with Gasteiger partial charge in [-0.25, -0.2) is 0 Å². The van der Waals surface area contributed by atoms with Crippen molar-refractivity contribution in [2.45, 2.75) is 53.9 Å². The van der Waals surface area contributed by atoms with Crippen LogP contribution in [-0.2, 0) is 0 Å². The SMILES string of the molecule is CC(C)C.CCCCCO.CC[N+](C)(C)C. The van der Waals surface area contributed by atoms with Gasteiger partial charge in [0, 0.05) is 6.61 Å². The fourth-order valence-electron chi connectivity index (χ4n) is 0.362. The summed E-state index contributed by atoms with van der Waals surface area (Å²) in [5, 5.41) is 8.20. The molecule has 0 saturated heterocycles. The van der Waals surface area contributed by atoms with E-state index in [9.17, 15) is 0 Å². The molecule has 0 aliphatic carbocycles. The molecule has 0 amide bonds. The minimum atomic E-state index is 0.355. The van der Waals surface area contributed by atoms with Crippen LogP contribution in [-0.4, -0.2) is 43.9 Å². The van der Waals surface area contributed by atoms with Gasteiger partial charge in [0.1, 0.15) is 0 Å². The number of aliphatic hydroxyl groups is 1. The Morgan fingerprint density at radius 1 is 0.938 bits per heavy atom. The van der Waals surface area contributed by atoms with Crippen molar-refractivity contribution in [1.82, 2.24) is 0 Å². The average molecular weight is 234 g/mol. The van der Waals surface area contributed by atoms with Gasteiger partial charge >= 0.3 is 0 Å². The zero-order valence-corrected chi connectivity index (χ0v) is 13.0. The number of quaternary nitrogens is 1. The second-order valence-corrected chi connectivity index (χ2v) is 5.77. The standard InChI is InChI=1S/C5H14N.C5H12O.C4H10/c1-5-6(2,3)4;1-2-3-4-5-6;1-4(2)3/h5H2,1-4H3;6H,2-5H2,1H3;4H,1-3H3/q+1;;. The summed E-state index contributed by atoms with van der Waals surface area (Å²) in [4.78, 5) is 0. The molecular weight excluding hydrogens is 198 g/mol. The number of nitrogens with zero attached hydrogens (tertiary/aromatic N) is 1. The zero-order chi connectivity index (χ0) is 13.6. The lowest BCUT2D eigenvalue weighted by Crippen LogP contribution is -2.33. The molecule has 0 saturated carbocycles. The van der Waals surface area contributed by atoms with Crippen molar-refractivity contribution in [1.29, 1.82) is 0 Å². The van der Waals surface area contributed by atoms with Gasteiger partial charge in [0.25, 0.3) is 0 Å². The van der Waals surface area contributed by atoms with Crippen molar-refractivity contribution in [2.24, 2.45) is 5.92 Å². The van der Waals surface area contributed by atoms with Gasteiger partial charge < -0.3 is 9.59 Å². The van der Waals surface area contributed by atoms with E-state index in [2.05, 4.69) is 55.8 Å². The number of hydrogen-bond acceptors (Lipinski definition) is 1. The molecular formula is C14H36NO+. The highest BCUT2D eigenvalue weighted by molar-refractivity contribution is 4.30. The summed E-state index contributed by atoms with van der Waals surface area (Å²) >= 11 is 0. The second-order valence-electron chi connectivity index (χ2n) is 5.77. The van der Waals surface area contributed by atoms with Gasteiger partial charge in [0.05, 0.1) is 27.7 Å². The third-order valence-electron chi connectivity index (χ3n) is 1.71. The quantitative estimate of drug-likeness (QED) is 0.583. The minimum Gasteiger partial charge on any atom is -0.396 e. The molecule has 0 aliphatic rings. The first kappa shape index (κ1) is 21.2. The predicted octanol–water partition coefficient (Wildman–Crippen LogP) is 3.54. The molecule has 0 atom stereocenters. The Kier molecular flexibility index (Phi) is 19.8. The maximum absolute atomic E-state index is 8.20. The third-order valence-corrected chi connectivity index (χ3v) is 1.71. The van der Waals surface area contributed by atoms with Gasteiger partial charge in [-0.15, -0.1) is 0 Å². The summed E-state index contributed by atoms with van der Waals surface area (Å²) in [5.41, 5.74) is 0. The molecule has 16 heavy (non-hydrogen) atoms. The van der Waals surface area contributed by atoms with Crippen molar-refractivity contribution >= 4 is 0 Å². The Morgan fingerprint density at radius 3 is 1.31 bits per heavy atom. The molecule has 0 aromatic rings. The van der Waals surface area contributed by atoms with E-state index in [0.717, 1.165) is 23.2 Å². The summed E-state index contributed by atoms with van der Waals surface area (Å²) in [6, 6.07) is 0. The fraction of sp³-hybridized carbons (Fsp3) is 1.00. The molecule has 0 aliphatic heterocycles. The summed E-state index contributed by atoms with van der Waals surface area (Å²) in [6.45, 7) is 12.4. The Bertz CT molecular complexity index is 99.0. The number of aliphatic hydroxyl groups excluding tert-OH is 1. The molecule has 0 rings (SSSR count). The van der Waals surface area contributed by atoms with Crippen LogP contribution < -0.4 is 0 Å². The van der Waals surface area contributed by atoms with E-state index in [0.29, 0.717) is 6.61 Å². The van der Waals surface area contributed by atoms with Crippen LogP contribution in [0.15, 0.2) is 0 Å². The molecule has 0 aromatic heterocycles. The fourth-order valence-corrected chi connectivity index (χ4v) is 0.362. The van der Waals surface area contributed by atoms with Crippen molar-refractivity contribution in [3.8, 4) is 0 Å².